The molecule has 0 aliphatic heterocycles. The summed E-state index contributed by atoms with van der Waals surface area (Å²) in [5, 5.41) is 6.21. The monoisotopic (exact) mass is 575 g/mol. The van der Waals surface area contributed by atoms with E-state index in [0.717, 1.165) is 9.64 Å². The summed E-state index contributed by atoms with van der Waals surface area (Å²) in [6.45, 7) is -0.344. The quantitative estimate of drug-likeness (QED) is 0.141. The van der Waals surface area contributed by atoms with Crippen molar-refractivity contribution in [2.75, 3.05) is 13.7 Å². The number of rotatable bonds is 8. The van der Waals surface area contributed by atoms with Crippen molar-refractivity contribution in [3.05, 3.63) is 92.8 Å². The van der Waals surface area contributed by atoms with E-state index < -0.39 is 23.6 Å². The van der Waals surface area contributed by atoms with Crippen LogP contribution in [0.2, 0.25) is 0 Å². The van der Waals surface area contributed by atoms with Crippen molar-refractivity contribution in [2.45, 2.75) is 0 Å². The first kappa shape index (κ1) is 24.8. The van der Waals surface area contributed by atoms with Crippen molar-refractivity contribution in [1.82, 2.24) is 10.7 Å². The fourth-order valence-corrected chi connectivity index (χ4v) is 3.35. The largest absolute Gasteiger partial charge is 0.493 e. The van der Waals surface area contributed by atoms with Gasteiger partial charge in [-0.2, -0.15) is 5.10 Å². The second-order valence-electron chi connectivity index (χ2n) is 6.77. The van der Waals surface area contributed by atoms with Crippen LogP contribution in [0.4, 0.5) is 4.39 Å². The third kappa shape index (κ3) is 6.85. The van der Waals surface area contributed by atoms with E-state index in [-0.39, 0.29) is 17.9 Å². The van der Waals surface area contributed by atoms with Crippen LogP contribution in [0.1, 0.15) is 26.3 Å². The Morgan fingerprint density at radius 3 is 2.56 bits per heavy atom. The highest BCUT2D eigenvalue weighted by atomic mass is 127. The second kappa shape index (κ2) is 11.9. The van der Waals surface area contributed by atoms with E-state index in [1.165, 1.54) is 31.5 Å². The molecule has 0 aromatic heterocycles. The summed E-state index contributed by atoms with van der Waals surface area (Å²) >= 11 is 2.05. The molecule has 0 aliphatic carbocycles. The molecular formula is C24H19FIN3O5. The van der Waals surface area contributed by atoms with Crippen LogP contribution in [-0.2, 0) is 4.79 Å². The molecule has 2 N–H and O–H groups in total. The lowest BCUT2D eigenvalue weighted by Crippen LogP contribution is -2.34. The van der Waals surface area contributed by atoms with Crippen molar-refractivity contribution in [2.24, 2.45) is 5.10 Å². The molecule has 0 radical (unpaired) electrons. The van der Waals surface area contributed by atoms with Crippen molar-refractivity contribution >= 4 is 46.6 Å². The van der Waals surface area contributed by atoms with Gasteiger partial charge >= 0.3 is 5.97 Å². The molecule has 0 unspecified atom stereocenters. The third-order valence-corrected chi connectivity index (χ3v) is 5.32. The molecule has 3 aromatic carbocycles. The van der Waals surface area contributed by atoms with Crippen molar-refractivity contribution in [1.29, 1.82) is 0 Å². The minimum absolute atomic E-state index is 0.103. The van der Waals surface area contributed by atoms with Crippen LogP contribution >= 0.6 is 22.6 Å². The number of hydrazone groups is 1. The molecule has 0 bridgehead atoms. The molecule has 3 aromatic rings. The van der Waals surface area contributed by atoms with E-state index in [2.05, 4.69) is 38.4 Å². The number of benzene rings is 3. The van der Waals surface area contributed by atoms with Gasteiger partial charge in [0.25, 0.3) is 11.8 Å². The van der Waals surface area contributed by atoms with Crippen molar-refractivity contribution in [3.8, 4) is 11.5 Å². The highest BCUT2D eigenvalue weighted by Crippen LogP contribution is 2.28. The van der Waals surface area contributed by atoms with Gasteiger partial charge in [-0.3, -0.25) is 9.59 Å². The predicted molar refractivity (Wildman–Crippen MR) is 132 cm³/mol. The molecule has 3 rings (SSSR count). The Morgan fingerprint density at radius 2 is 1.82 bits per heavy atom. The van der Waals surface area contributed by atoms with E-state index in [9.17, 15) is 18.8 Å². The lowest BCUT2D eigenvalue weighted by molar-refractivity contribution is -0.120. The number of carbonyl (C=O) groups is 3. The van der Waals surface area contributed by atoms with Crippen LogP contribution in [0.15, 0.2) is 71.8 Å². The molecule has 0 aliphatic rings. The molecular weight excluding hydrogens is 556 g/mol. The van der Waals surface area contributed by atoms with E-state index in [1.54, 1.807) is 36.4 Å². The van der Waals surface area contributed by atoms with Crippen molar-refractivity contribution < 1.29 is 28.2 Å². The lowest BCUT2D eigenvalue weighted by Gasteiger charge is -2.10. The van der Waals surface area contributed by atoms with Crippen molar-refractivity contribution in [3.63, 3.8) is 0 Å². The normalized spacial score (nSPS) is 10.6. The Bertz CT molecular complexity index is 1250. The van der Waals surface area contributed by atoms with Crippen LogP contribution < -0.4 is 20.2 Å². The summed E-state index contributed by atoms with van der Waals surface area (Å²) in [6.07, 6.45) is 1.36. The number of hydrogen-bond donors (Lipinski definition) is 2. The van der Waals surface area contributed by atoms with Crippen LogP contribution in [0.5, 0.6) is 11.5 Å². The maximum atomic E-state index is 13.2. The Hall–Kier alpha value is -3.80. The third-order valence-electron chi connectivity index (χ3n) is 4.38. The first-order valence-corrected chi connectivity index (χ1v) is 11.0. The van der Waals surface area contributed by atoms with Gasteiger partial charge < -0.3 is 14.8 Å². The molecule has 10 heteroatoms. The first-order chi connectivity index (χ1) is 16.4. The minimum atomic E-state index is -0.585. The van der Waals surface area contributed by atoms with E-state index in [4.69, 9.17) is 9.47 Å². The number of methoxy groups -OCH3 is 1. The molecule has 2 amide bonds. The number of carbonyl (C=O) groups excluding carboxylic acids is 3. The molecule has 34 heavy (non-hydrogen) atoms. The topological polar surface area (TPSA) is 106 Å². The van der Waals surface area contributed by atoms with Gasteiger partial charge in [-0.1, -0.05) is 18.2 Å². The Kier molecular flexibility index (Phi) is 8.68. The predicted octanol–water partition coefficient (Wildman–Crippen LogP) is 3.54. The molecule has 8 nitrogen and oxygen atoms in total. The summed E-state index contributed by atoms with van der Waals surface area (Å²) in [5.41, 5.74) is 3.38. The number of ether oxygens (including phenoxy) is 2. The van der Waals surface area contributed by atoms with Crippen LogP contribution in [0.3, 0.4) is 0 Å². The molecule has 174 valence electrons. The standard InChI is InChI=1S/C24H19FIN3O5/c1-33-21-11-15(9-10-20(21)34-24(32)18-7-2-3-8-19(18)26)13-28-29-22(30)14-27-23(31)16-5-4-6-17(25)12-16/h2-13H,14H2,1H3,(H,27,31)(H,29,30). The number of esters is 1. The molecule has 0 atom stereocenters. The van der Waals surface area contributed by atoms with Gasteiger partial charge in [0.15, 0.2) is 11.5 Å². The first-order valence-electron chi connectivity index (χ1n) is 9.88. The van der Waals surface area contributed by atoms with Crippen LogP contribution in [0, 0.1) is 9.39 Å². The van der Waals surface area contributed by atoms with Crippen LogP contribution in [-0.4, -0.2) is 37.7 Å². The second-order valence-corrected chi connectivity index (χ2v) is 7.93. The van der Waals surface area contributed by atoms with E-state index >= 15 is 0 Å². The summed E-state index contributed by atoms with van der Waals surface area (Å²) in [7, 11) is 1.43. The van der Waals surface area contributed by atoms with Gasteiger partial charge in [0, 0.05) is 9.13 Å². The zero-order chi connectivity index (χ0) is 24.5. The summed E-state index contributed by atoms with van der Waals surface area (Å²) in [5.74, 6) is -1.69. The minimum Gasteiger partial charge on any atom is -0.493 e. The zero-order valence-electron chi connectivity index (χ0n) is 17.9. The van der Waals surface area contributed by atoms with Gasteiger partial charge in [0.05, 0.1) is 25.4 Å². The van der Waals surface area contributed by atoms with E-state index in [0.29, 0.717) is 16.9 Å². The molecule has 0 fully saturated rings. The maximum absolute atomic E-state index is 13.2. The number of halogens is 2. The summed E-state index contributed by atoms with van der Waals surface area (Å²) in [6, 6.07) is 16.9. The number of amides is 2. The molecule has 0 saturated carbocycles. The van der Waals surface area contributed by atoms with Gasteiger partial charge in [-0.15, -0.1) is 0 Å². The average Bonchev–Trinajstić information content (AvgIpc) is 2.83. The lowest BCUT2D eigenvalue weighted by atomic mass is 10.2. The highest BCUT2D eigenvalue weighted by Gasteiger charge is 2.15. The Labute approximate surface area is 208 Å². The SMILES string of the molecule is COc1cc(C=NNC(=O)CNC(=O)c2cccc(F)c2)ccc1OC(=O)c1ccccc1I. The summed E-state index contributed by atoms with van der Waals surface area (Å²) < 4.78 is 24.7. The van der Waals surface area contributed by atoms with E-state index in [1.807, 2.05) is 6.07 Å². The number of hydrogen-bond acceptors (Lipinski definition) is 6. The number of nitrogens with zero attached hydrogens (tertiary/aromatic N) is 1. The smallest absolute Gasteiger partial charge is 0.344 e. The Balaban J connectivity index is 1.55. The van der Waals surface area contributed by atoms with Gasteiger partial charge in [0.2, 0.25) is 0 Å². The molecule has 0 heterocycles. The van der Waals surface area contributed by atoms with Gasteiger partial charge in [-0.05, 0) is 76.7 Å². The maximum Gasteiger partial charge on any atom is 0.344 e. The Morgan fingerprint density at radius 1 is 1.03 bits per heavy atom. The number of nitrogens with one attached hydrogen (secondary N) is 2. The molecule has 0 saturated heterocycles. The fourth-order valence-electron chi connectivity index (χ4n) is 2.74. The van der Waals surface area contributed by atoms with Gasteiger partial charge in [0.1, 0.15) is 5.82 Å². The van der Waals surface area contributed by atoms with Gasteiger partial charge in [-0.25, -0.2) is 14.6 Å². The fraction of sp³-hybridized carbons (Fsp3) is 0.0833. The highest BCUT2D eigenvalue weighted by molar-refractivity contribution is 14.1. The average molecular weight is 575 g/mol. The van der Waals surface area contributed by atoms with Crippen LogP contribution in [0.25, 0.3) is 0 Å². The summed E-state index contributed by atoms with van der Waals surface area (Å²) in [4.78, 5) is 36.3. The molecule has 0 spiro atoms. The zero-order valence-corrected chi connectivity index (χ0v) is 20.0.